The highest BCUT2D eigenvalue weighted by Gasteiger charge is 2.29. The van der Waals surface area contributed by atoms with E-state index in [0.29, 0.717) is 26.2 Å². The van der Waals surface area contributed by atoms with Crippen LogP contribution in [0.1, 0.15) is 11.8 Å². The Morgan fingerprint density at radius 1 is 1.21 bits per heavy atom. The van der Waals surface area contributed by atoms with Crippen LogP contribution < -0.4 is 4.72 Å². The lowest BCUT2D eigenvalue weighted by Gasteiger charge is -2.35. The van der Waals surface area contributed by atoms with Crippen molar-refractivity contribution < 1.29 is 17.6 Å². The highest BCUT2D eigenvalue weighted by molar-refractivity contribution is 9.11. The molecule has 0 unspecified atom stereocenters. The van der Waals surface area contributed by atoms with Gasteiger partial charge in [0.25, 0.3) is 0 Å². The summed E-state index contributed by atoms with van der Waals surface area (Å²) in [5.41, 5.74) is 0. The molecule has 1 aliphatic rings. The van der Waals surface area contributed by atoms with Crippen LogP contribution in [0.3, 0.4) is 0 Å². The molecule has 2 heterocycles. The predicted molar refractivity (Wildman–Crippen MR) is 110 cm³/mol. The van der Waals surface area contributed by atoms with Crippen molar-refractivity contribution >= 4 is 43.2 Å². The summed E-state index contributed by atoms with van der Waals surface area (Å²) in [4.78, 5) is 17.3. The quantitative estimate of drug-likeness (QED) is 0.676. The van der Waals surface area contributed by atoms with Crippen molar-refractivity contribution in [2.75, 3.05) is 26.2 Å². The lowest BCUT2D eigenvalue weighted by atomic mass is 10.2. The van der Waals surface area contributed by atoms with Gasteiger partial charge in [-0.05, 0) is 47.1 Å². The van der Waals surface area contributed by atoms with Gasteiger partial charge in [-0.1, -0.05) is 12.1 Å². The molecule has 1 N–H and O–H groups in total. The van der Waals surface area contributed by atoms with E-state index in [1.807, 2.05) is 6.07 Å². The van der Waals surface area contributed by atoms with E-state index < -0.39 is 26.8 Å². The van der Waals surface area contributed by atoms with Crippen LogP contribution in [0.5, 0.6) is 0 Å². The van der Waals surface area contributed by atoms with Crippen molar-refractivity contribution in [2.45, 2.75) is 24.4 Å². The van der Waals surface area contributed by atoms with Crippen LogP contribution in [0.25, 0.3) is 0 Å². The monoisotopic (exact) mass is 489 g/mol. The number of carbonyl (C=O) groups is 1. The van der Waals surface area contributed by atoms with Crippen molar-refractivity contribution in [1.29, 1.82) is 0 Å². The molecule has 3 rings (SSSR count). The summed E-state index contributed by atoms with van der Waals surface area (Å²) in [6.07, 6.45) is 0. The number of nitrogens with zero attached hydrogens (tertiary/aromatic N) is 2. The molecule has 10 heteroatoms. The molecule has 2 aromatic rings. The van der Waals surface area contributed by atoms with E-state index in [2.05, 4.69) is 31.6 Å². The van der Waals surface area contributed by atoms with Crippen molar-refractivity contribution in [3.63, 3.8) is 0 Å². The number of nitrogens with one attached hydrogen (secondary N) is 1. The molecule has 6 nitrogen and oxygen atoms in total. The van der Waals surface area contributed by atoms with Crippen molar-refractivity contribution in [3.8, 4) is 0 Å². The molecule has 0 spiro atoms. The Labute approximate surface area is 176 Å². The van der Waals surface area contributed by atoms with Crippen LogP contribution in [0, 0.1) is 5.82 Å². The molecule has 1 aromatic heterocycles. The summed E-state index contributed by atoms with van der Waals surface area (Å²) in [7, 11) is -4.11. The maximum absolute atomic E-state index is 13.8. The second-order valence-corrected chi connectivity index (χ2v) is 10.8. The van der Waals surface area contributed by atoms with Crippen LogP contribution >= 0.6 is 27.3 Å². The SMILES string of the molecule is C[C@H](NS(=O)(=O)c1ccccc1F)C(=O)N1CCN(Cc2ccc(Br)s2)CC1. The lowest BCUT2D eigenvalue weighted by molar-refractivity contribution is -0.134. The first kappa shape index (κ1) is 21.4. The molecule has 0 bridgehead atoms. The van der Waals surface area contributed by atoms with Crippen molar-refractivity contribution in [2.24, 2.45) is 0 Å². The molecule has 0 radical (unpaired) electrons. The van der Waals surface area contributed by atoms with Gasteiger partial charge in [0.15, 0.2) is 0 Å². The second kappa shape index (κ2) is 9.00. The standard InChI is InChI=1S/C18H21BrFN3O3S2/c1-13(21-28(25,26)16-5-3-2-4-15(16)20)18(24)23-10-8-22(9-11-23)12-14-6-7-17(19)27-14/h2-7,13,21H,8-12H2,1H3/t13-/m0/s1. The van der Waals surface area contributed by atoms with Gasteiger partial charge in [-0.25, -0.2) is 12.8 Å². The number of sulfonamides is 1. The van der Waals surface area contributed by atoms with Gasteiger partial charge in [-0.15, -0.1) is 11.3 Å². The Balaban J connectivity index is 1.55. The third-order valence-corrected chi connectivity index (χ3v) is 7.70. The number of halogens is 2. The smallest absolute Gasteiger partial charge is 0.244 e. The normalized spacial score (nSPS) is 16.9. The first-order valence-corrected chi connectivity index (χ1v) is 11.9. The van der Waals surface area contributed by atoms with E-state index in [9.17, 15) is 17.6 Å². The van der Waals surface area contributed by atoms with E-state index in [1.54, 1.807) is 16.2 Å². The van der Waals surface area contributed by atoms with Crippen LogP contribution in [-0.4, -0.2) is 56.3 Å². The average Bonchev–Trinajstić information content (AvgIpc) is 3.06. The molecule has 1 atom stereocenters. The predicted octanol–water partition coefficient (Wildman–Crippen LogP) is 2.66. The zero-order chi connectivity index (χ0) is 20.3. The van der Waals surface area contributed by atoms with E-state index >= 15 is 0 Å². The number of benzene rings is 1. The van der Waals surface area contributed by atoms with Gasteiger partial charge < -0.3 is 4.90 Å². The van der Waals surface area contributed by atoms with Gasteiger partial charge in [0.2, 0.25) is 15.9 Å². The minimum atomic E-state index is -4.11. The molecule has 1 fully saturated rings. The van der Waals surface area contributed by atoms with E-state index in [-0.39, 0.29) is 5.91 Å². The molecule has 1 saturated heterocycles. The van der Waals surface area contributed by atoms with E-state index in [1.165, 1.54) is 30.0 Å². The molecule has 0 saturated carbocycles. The maximum Gasteiger partial charge on any atom is 0.244 e. The number of thiophene rings is 1. The van der Waals surface area contributed by atoms with E-state index in [4.69, 9.17) is 0 Å². The summed E-state index contributed by atoms with van der Waals surface area (Å²) < 4.78 is 41.9. The molecule has 28 heavy (non-hydrogen) atoms. The third kappa shape index (κ3) is 5.18. The van der Waals surface area contributed by atoms with Crippen LogP contribution in [0.4, 0.5) is 4.39 Å². The molecular weight excluding hydrogens is 469 g/mol. The summed E-state index contributed by atoms with van der Waals surface area (Å²) >= 11 is 5.14. The minimum Gasteiger partial charge on any atom is -0.339 e. The van der Waals surface area contributed by atoms with Gasteiger partial charge >= 0.3 is 0 Å². The molecule has 1 amide bonds. The van der Waals surface area contributed by atoms with Gasteiger partial charge in [0.1, 0.15) is 10.7 Å². The Morgan fingerprint density at radius 2 is 1.89 bits per heavy atom. The van der Waals surface area contributed by atoms with Gasteiger partial charge in [-0.3, -0.25) is 9.69 Å². The number of carbonyl (C=O) groups excluding carboxylic acids is 1. The van der Waals surface area contributed by atoms with Crippen LogP contribution in [0.2, 0.25) is 0 Å². The third-order valence-electron chi connectivity index (χ3n) is 4.52. The summed E-state index contributed by atoms with van der Waals surface area (Å²) in [6, 6.07) is 8.23. The molecule has 152 valence electrons. The Hall–Kier alpha value is -1.33. The Kier molecular flexibility index (Phi) is 6.87. The summed E-state index contributed by atoms with van der Waals surface area (Å²) in [5.74, 6) is -1.15. The first-order chi connectivity index (χ1) is 13.3. The number of amides is 1. The van der Waals surface area contributed by atoms with Crippen molar-refractivity contribution in [1.82, 2.24) is 14.5 Å². The molecule has 1 aliphatic heterocycles. The fraction of sp³-hybridized carbons (Fsp3) is 0.389. The van der Waals surface area contributed by atoms with E-state index in [0.717, 1.165) is 16.4 Å². The highest BCUT2D eigenvalue weighted by atomic mass is 79.9. The van der Waals surface area contributed by atoms with Crippen LogP contribution in [-0.2, 0) is 21.4 Å². The number of hydrogen-bond acceptors (Lipinski definition) is 5. The zero-order valence-corrected chi connectivity index (χ0v) is 18.5. The molecule has 1 aromatic carbocycles. The fourth-order valence-corrected chi connectivity index (χ4v) is 5.87. The van der Waals surface area contributed by atoms with Crippen molar-refractivity contribution in [3.05, 3.63) is 50.9 Å². The average molecular weight is 490 g/mol. The number of hydrogen-bond donors (Lipinski definition) is 1. The maximum atomic E-state index is 13.8. The molecular formula is C18H21BrFN3O3S2. The Bertz CT molecular complexity index is 943. The first-order valence-electron chi connectivity index (χ1n) is 8.78. The lowest BCUT2D eigenvalue weighted by Crippen LogP contribution is -2.53. The van der Waals surface area contributed by atoms with Gasteiger partial charge in [-0.2, -0.15) is 4.72 Å². The van der Waals surface area contributed by atoms with Gasteiger partial charge in [0, 0.05) is 37.6 Å². The second-order valence-electron chi connectivity index (χ2n) is 6.58. The van der Waals surface area contributed by atoms with Crippen LogP contribution in [0.15, 0.2) is 45.1 Å². The number of piperazine rings is 1. The topological polar surface area (TPSA) is 69.7 Å². The largest absolute Gasteiger partial charge is 0.339 e. The number of rotatable bonds is 6. The highest BCUT2D eigenvalue weighted by Crippen LogP contribution is 2.23. The fourth-order valence-electron chi connectivity index (χ4n) is 3.07. The zero-order valence-electron chi connectivity index (χ0n) is 15.3. The minimum absolute atomic E-state index is 0.307. The summed E-state index contributed by atoms with van der Waals surface area (Å²) in [6.45, 7) is 4.79. The Morgan fingerprint density at radius 3 is 2.50 bits per heavy atom. The summed E-state index contributed by atoms with van der Waals surface area (Å²) in [5, 5.41) is 0. The van der Waals surface area contributed by atoms with Gasteiger partial charge in [0.05, 0.1) is 9.83 Å². The molecule has 0 aliphatic carbocycles.